The van der Waals surface area contributed by atoms with Crippen LogP contribution in [0.15, 0.2) is 36.5 Å². The topological polar surface area (TPSA) is 0 Å². The van der Waals surface area contributed by atoms with Gasteiger partial charge in [0, 0.05) is 5.88 Å². The fourth-order valence-electron chi connectivity index (χ4n) is 2.69. The Labute approximate surface area is 137 Å². The van der Waals surface area contributed by atoms with Crippen LogP contribution in [0.4, 0.5) is 13.2 Å². The van der Waals surface area contributed by atoms with Crippen molar-refractivity contribution in [3.8, 4) is 0 Å². The average Bonchev–Trinajstić information content (AvgIpc) is 2.49. The summed E-state index contributed by atoms with van der Waals surface area (Å²) in [5.41, 5.74) is 1.29. The minimum Gasteiger partial charge on any atom is -0.166 e. The molecule has 1 aromatic rings. The lowest BCUT2D eigenvalue weighted by atomic mass is 10.2. The molecule has 1 rings (SSSR count). The van der Waals surface area contributed by atoms with Crippen molar-refractivity contribution in [2.45, 2.75) is 50.9 Å². The highest BCUT2D eigenvalue weighted by Crippen LogP contribution is 2.30. The minimum absolute atomic E-state index is 0.457. The molecule has 1 aromatic carbocycles. The van der Waals surface area contributed by atoms with Crippen LogP contribution < -0.4 is 5.19 Å². The second kappa shape index (κ2) is 8.78. The first-order valence-corrected chi connectivity index (χ1v) is 11.0. The van der Waals surface area contributed by atoms with Gasteiger partial charge in [0.25, 0.3) is 0 Å². The van der Waals surface area contributed by atoms with Crippen molar-refractivity contribution in [2.24, 2.45) is 0 Å². The highest BCUT2D eigenvalue weighted by molar-refractivity contribution is 6.95. The van der Waals surface area contributed by atoms with Gasteiger partial charge in [-0.15, -0.1) is 18.2 Å². The Bertz CT molecular complexity index is 473. The highest BCUT2D eigenvalue weighted by Gasteiger charge is 2.38. The Morgan fingerprint density at radius 3 is 2.27 bits per heavy atom. The molecule has 0 nitrogen and oxygen atoms in total. The molecule has 5 heteroatoms. The maximum Gasteiger partial charge on any atom is 0.416 e. The molecule has 1 unspecified atom stereocenters. The Balaban J connectivity index is 2.79. The predicted octanol–water partition coefficient (Wildman–Crippen LogP) is 5.91. The lowest BCUT2D eigenvalue weighted by Crippen LogP contribution is -2.46. The minimum atomic E-state index is -4.30. The van der Waals surface area contributed by atoms with Crippen LogP contribution in [0.5, 0.6) is 0 Å². The number of hydrogen-bond acceptors (Lipinski definition) is 0. The first kappa shape index (κ1) is 19.3. The van der Waals surface area contributed by atoms with Crippen molar-refractivity contribution in [1.82, 2.24) is 0 Å². The van der Waals surface area contributed by atoms with Crippen LogP contribution >= 0.6 is 11.6 Å². The molecule has 0 saturated heterocycles. The Morgan fingerprint density at radius 2 is 1.68 bits per heavy atom. The number of rotatable bonds is 9. The van der Waals surface area contributed by atoms with E-state index in [1.54, 1.807) is 17.8 Å². The van der Waals surface area contributed by atoms with Gasteiger partial charge in [-0.2, -0.15) is 13.2 Å². The highest BCUT2D eigenvalue weighted by atomic mass is 35.5. The van der Waals surface area contributed by atoms with E-state index in [0.717, 1.165) is 38.1 Å². The Hall–Kier alpha value is -0.743. The van der Waals surface area contributed by atoms with E-state index in [0.29, 0.717) is 11.1 Å². The molecule has 0 aliphatic carbocycles. The summed E-state index contributed by atoms with van der Waals surface area (Å²) in [6.45, 7) is 5.81. The molecule has 0 bridgehead atoms. The number of alkyl halides is 4. The molecule has 0 heterocycles. The summed E-state index contributed by atoms with van der Waals surface area (Å²) in [6.07, 6.45) is 0.887. The third-order valence-corrected chi connectivity index (χ3v) is 8.36. The number of halogens is 4. The van der Waals surface area contributed by atoms with E-state index in [2.05, 4.69) is 6.58 Å². The smallest absolute Gasteiger partial charge is 0.166 e. The van der Waals surface area contributed by atoms with Gasteiger partial charge in [-0.25, -0.2) is 0 Å². The van der Waals surface area contributed by atoms with Gasteiger partial charge in [0.05, 0.1) is 5.56 Å². The first-order chi connectivity index (χ1) is 10.3. The van der Waals surface area contributed by atoms with Crippen LogP contribution in [0.1, 0.15) is 37.7 Å². The van der Waals surface area contributed by atoms with Gasteiger partial charge in [0.1, 0.15) is 8.07 Å². The van der Waals surface area contributed by atoms with Gasteiger partial charge < -0.3 is 0 Å². The molecule has 22 heavy (non-hydrogen) atoms. The summed E-state index contributed by atoms with van der Waals surface area (Å²) in [5, 5.41) is 0.457. The molecule has 0 spiro atoms. The summed E-state index contributed by atoms with van der Waals surface area (Å²) in [5.74, 6) is 0.679. The van der Waals surface area contributed by atoms with Gasteiger partial charge in [-0.1, -0.05) is 68.2 Å². The van der Waals surface area contributed by atoms with Crippen molar-refractivity contribution in [1.29, 1.82) is 0 Å². The molecule has 124 valence electrons. The standard InChI is InChI=1S/C17H24ClF3Si/c1-3-22(2,14-10-6-4-5-9-13-18)16-12-8-7-11-15(16)17(19,20)21/h3,7-8,11-12H,1,4-6,9-10,13-14H2,2H3. The zero-order valence-corrected chi connectivity index (χ0v) is 14.8. The Morgan fingerprint density at radius 1 is 1.09 bits per heavy atom. The zero-order valence-electron chi connectivity index (χ0n) is 13.1. The van der Waals surface area contributed by atoms with Crippen molar-refractivity contribution < 1.29 is 13.2 Å². The molecule has 0 amide bonds. The van der Waals surface area contributed by atoms with Crippen LogP contribution in [-0.2, 0) is 6.18 Å². The molecule has 0 fully saturated rings. The van der Waals surface area contributed by atoms with Crippen LogP contribution in [0.25, 0.3) is 0 Å². The largest absolute Gasteiger partial charge is 0.416 e. The van der Waals surface area contributed by atoms with Gasteiger partial charge in [0.2, 0.25) is 0 Å². The van der Waals surface area contributed by atoms with Crippen molar-refractivity contribution in [2.75, 3.05) is 5.88 Å². The number of hydrogen-bond donors (Lipinski definition) is 0. The van der Waals surface area contributed by atoms with Crippen LogP contribution in [0.3, 0.4) is 0 Å². The zero-order chi connectivity index (χ0) is 16.6. The summed E-state index contributed by atoms with van der Waals surface area (Å²) in [6, 6.07) is 6.77. The van der Waals surface area contributed by atoms with E-state index in [4.69, 9.17) is 11.6 Å². The van der Waals surface area contributed by atoms with E-state index in [1.807, 2.05) is 6.55 Å². The molecule has 0 aliphatic rings. The van der Waals surface area contributed by atoms with E-state index < -0.39 is 19.8 Å². The SMILES string of the molecule is C=C[Si](C)(CCCCCCCCl)c1ccccc1C(F)(F)F. The van der Waals surface area contributed by atoms with E-state index in [9.17, 15) is 13.2 Å². The molecular weight excluding hydrogens is 325 g/mol. The maximum absolute atomic E-state index is 13.2. The third-order valence-electron chi connectivity index (χ3n) is 4.13. The molecular formula is C17H24ClF3Si. The van der Waals surface area contributed by atoms with E-state index >= 15 is 0 Å². The molecule has 0 radical (unpaired) electrons. The summed E-state index contributed by atoms with van der Waals surface area (Å²) in [7, 11) is -2.30. The molecule has 0 saturated carbocycles. The maximum atomic E-state index is 13.2. The molecule has 0 aliphatic heterocycles. The number of benzene rings is 1. The molecule has 1 atom stereocenters. The fourth-order valence-corrected chi connectivity index (χ4v) is 5.88. The number of unbranched alkanes of at least 4 members (excludes halogenated alkanes) is 4. The molecule has 0 aromatic heterocycles. The quantitative estimate of drug-likeness (QED) is 0.296. The summed E-state index contributed by atoms with van der Waals surface area (Å²) in [4.78, 5) is 0. The second-order valence-corrected chi connectivity index (χ2v) is 10.5. The monoisotopic (exact) mass is 348 g/mol. The third kappa shape index (κ3) is 5.47. The van der Waals surface area contributed by atoms with Crippen LogP contribution in [-0.4, -0.2) is 14.0 Å². The first-order valence-electron chi connectivity index (χ1n) is 7.71. The Kier molecular flexibility index (Phi) is 7.70. The average molecular weight is 349 g/mol. The fraction of sp³-hybridized carbons (Fsp3) is 0.529. The van der Waals surface area contributed by atoms with Crippen molar-refractivity contribution in [3.63, 3.8) is 0 Å². The van der Waals surface area contributed by atoms with Gasteiger partial charge in [-0.05, 0) is 11.6 Å². The van der Waals surface area contributed by atoms with Gasteiger partial charge in [-0.3, -0.25) is 0 Å². The van der Waals surface area contributed by atoms with Crippen LogP contribution in [0, 0.1) is 0 Å². The van der Waals surface area contributed by atoms with Crippen molar-refractivity contribution in [3.05, 3.63) is 42.1 Å². The van der Waals surface area contributed by atoms with Gasteiger partial charge in [0.15, 0.2) is 0 Å². The summed E-state index contributed by atoms with van der Waals surface area (Å²) >= 11 is 5.64. The lowest BCUT2D eigenvalue weighted by molar-refractivity contribution is -0.136. The predicted molar refractivity (Wildman–Crippen MR) is 91.5 cm³/mol. The van der Waals surface area contributed by atoms with E-state index in [1.165, 1.54) is 12.1 Å². The van der Waals surface area contributed by atoms with Crippen LogP contribution in [0.2, 0.25) is 12.6 Å². The lowest BCUT2D eigenvalue weighted by Gasteiger charge is -2.27. The van der Waals surface area contributed by atoms with Crippen molar-refractivity contribution >= 4 is 24.9 Å². The second-order valence-electron chi connectivity index (χ2n) is 5.87. The van der Waals surface area contributed by atoms with Gasteiger partial charge >= 0.3 is 6.18 Å². The summed E-state index contributed by atoms with van der Waals surface area (Å²) < 4.78 is 39.7. The van der Waals surface area contributed by atoms with E-state index in [-0.39, 0.29) is 0 Å². The normalized spacial score (nSPS) is 14.6. The molecule has 0 N–H and O–H groups in total.